The number of rotatable bonds is 2. The van der Waals surface area contributed by atoms with Gasteiger partial charge in [-0.1, -0.05) is 6.58 Å². The molecule has 4 bridgehead atoms. The second kappa shape index (κ2) is 4.00. The molecule has 0 heterocycles. The van der Waals surface area contributed by atoms with Gasteiger partial charge in [-0.3, -0.25) is 0 Å². The smallest absolute Gasteiger partial charge is 0.422 e. The van der Waals surface area contributed by atoms with Gasteiger partial charge in [0, 0.05) is 6.42 Å². The van der Waals surface area contributed by atoms with E-state index in [1.54, 1.807) is 0 Å². The number of hydrogen-bond acceptors (Lipinski definition) is 3. The first-order chi connectivity index (χ1) is 9.11. The molecule has 4 atom stereocenters. The molecule has 3 nitrogen and oxygen atoms in total. The fraction of sp³-hybridized carbons (Fsp3) is 0.786. The summed E-state index contributed by atoms with van der Waals surface area (Å²) >= 11 is 0. The van der Waals surface area contributed by atoms with E-state index in [2.05, 4.69) is 6.58 Å². The molecular weight excluding hydrogens is 273 g/mol. The van der Waals surface area contributed by atoms with Crippen LogP contribution in [0.3, 0.4) is 0 Å². The number of aliphatic hydroxyl groups is 1. The quantitative estimate of drug-likeness (QED) is 0.628. The van der Waals surface area contributed by atoms with Crippen LogP contribution in [0.25, 0.3) is 0 Å². The van der Waals surface area contributed by atoms with Crippen LogP contribution in [0.2, 0.25) is 0 Å². The molecule has 0 aromatic heterocycles. The van der Waals surface area contributed by atoms with Gasteiger partial charge in [-0.2, -0.15) is 13.2 Å². The van der Waals surface area contributed by atoms with Crippen LogP contribution in [0.4, 0.5) is 13.2 Å². The normalized spacial score (nSPS) is 42.6. The maximum Gasteiger partial charge on any atom is 0.422 e. The van der Waals surface area contributed by atoms with Gasteiger partial charge in [0.05, 0.1) is 5.60 Å². The number of esters is 1. The van der Waals surface area contributed by atoms with Crippen molar-refractivity contribution in [3.8, 4) is 0 Å². The second-order valence-corrected chi connectivity index (χ2v) is 6.73. The van der Waals surface area contributed by atoms with E-state index >= 15 is 0 Å². The Morgan fingerprint density at radius 1 is 1.20 bits per heavy atom. The first kappa shape index (κ1) is 13.9. The molecule has 0 spiro atoms. The molecule has 4 fully saturated rings. The summed E-state index contributed by atoms with van der Waals surface area (Å²) in [5.74, 6) is -0.913. The van der Waals surface area contributed by atoms with Crippen LogP contribution in [0.1, 0.15) is 38.5 Å². The summed E-state index contributed by atoms with van der Waals surface area (Å²) in [7, 11) is 0. The predicted molar refractivity (Wildman–Crippen MR) is 63.6 cm³/mol. The van der Waals surface area contributed by atoms with Gasteiger partial charge in [0.1, 0.15) is 11.2 Å². The summed E-state index contributed by atoms with van der Waals surface area (Å²) < 4.78 is 42.6. The lowest BCUT2D eigenvalue weighted by molar-refractivity contribution is -0.220. The molecule has 2 unspecified atom stereocenters. The molecule has 0 aliphatic heterocycles. The minimum absolute atomic E-state index is 0.244. The molecule has 6 heteroatoms. The number of ether oxygens (including phenoxy) is 1. The van der Waals surface area contributed by atoms with E-state index in [4.69, 9.17) is 4.74 Å². The van der Waals surface area contributed by atoms with Gasteiger partial charge in [-0.05, 0) is 43.9 Å². The molecule has 112 valence electrons. The van der Waals surface area contributed by atoms with Crippen LogP contribution in [0.15, 0.2) is 12.2 Å². The van der Waals surface area contributed by atoms with E-state index < -0.39 is 28.9 Å². The van der Waals surface area contributed by atoms with Gasteiger partial charge >= 0.3 is 12.1 Å². The molecule has 0 aromatic carbocycles. The molecule has 4 aliphatic carbocycles. The van der Waals surface area contributed by atoms with Crippen molar-refractivity contribution >= 4 is 5.97 Å². The van der Waals surface area contributed by atoms with Crippen LogP contribution < -0.4 is 0 Å². The number of carbonyl (C=O) groups excluding carboxylic acids is 1. The van der Waals surface area contributed by atoms with Gasteiger partial charge in [-0.15, -0.1) is 0 Å². The first-order valence-electron chi connectivity index (χ1n) is 6.83. The highest BCUT2D eigenvalue weighted by Crippen LogP contribution is 2.59. The third kappa shape index (κ3) is 2.24. The molecule has 0 saturated heterocycles. The van der Waals surface area contributed by atoms with Gasteiger partial charge in [-0.25, -0.2) is 4.79 Å². The fourth-order valence-corrected chi connectivity index (χ4v) is 4.62. The summed E-state index contributed by atoms with van der Waals surface area (Å²) in [4.78, 5) is 11.7. The molecule has 1 N–H and O–H groups in total. The number of hydrogen-bond donors (Lipinski definition) is 1. The zero-order valence-corrected chi connectivity index (χ0v) is 11.0. The maximum atomic E-state index is 12.5. The Kier molecular flexibility index (Phi) is 2.78. The van der Waals surface area contributed by atoms with E-state index in [0.29, 0.717) is 25.7 Å². The predicted octanol–water partition coefficient (Wildman–Crippen LogP) is 2.73. The Morgan fingerprint density at radius 2 is 1.75 bits per heavy atom. The standard InChI is InChI=1S/C14H17F3O3/c1-8(14(15,16)17)11(18)20-13-5-9-2-10(6-13)4-12(19,3-9)7-13/h9-10,19H,1-7H2/t9-,10?,12?,13+/m1/s1. The maximum absolute atomic E-state index is 12.5. The monoisotopic (exact) mass is 290 g/mol. The van der Waals surface area contributed by atoms with E-state index in [0.717, 1.165) is 6.42 Å². The van der Waals surface area contributed by atoms with E-state index in [1.165, 1.54) is 0 Å². The summed E-state index contributed by atoms with van der Waals surface area (Å²) in [6.07, 6.45) is -1.08. The van der Waals surface area contributed by atoms with Gasteiger partial charge in [0.2, 0.25) is 0 Å². The summed E-state index contributed by atoms with van der Waals surface area (Å²) in [5, 5.41) is 10.4. The van der Waals surface area contributed by atoms with E-state index in [1.807, 2.05) is 0 Å². The van der Waals surface area contributed by atoms with Crippen molar-refractivity contribution in [2.24, 2.45) is 11.8 Å². The number of alkyl halides is 3. The lowest BCUT2D eigenvalue weighted by Gasteiger charge is -2.59. The molecule has 0 aromatic rings. The minimum Gasteiger partial charge on any atom is -0.455 e. The Morgan fingerprint density at radius 3 is 2.20 bits per heavy atom. The molecule has 4 rings (SSSR count). The average Bonchev–Trinajstić information content (AvgIpc) is 2.22. The van der Waals surface area contributed by atoms with E-state index in [-0.39, 0.29) is 18.3 Å². The third-order valence-corrected chi connectivity index (χ3v) is 4.87. The minimum atomic E-state index is -4.77. The van der Waals surface area contributed by atoms with Crippen LogP contribution in [0.5, 0.6) is 0 Å². The summed E-state index contributed by atoms with van der Waals surface area (Å²) in [6, 6.07) is 0. The van der Waals surface area contributed by atoms with Crippen molar-refractivity contribution in [2.75, 3.05) is 0 Å². The Balaban J connectivity index is 1.77. The molecule has 0 radical (unpaired) electrons. The molecule has 20 heavy (non-hydrogen) atoms. The van der Waals surface area contributed by atoms with Crippen molar-refractivity contribution in [1.82, 2.24) is 0 Å². The van der Waals surface area contributed by atoms with Crippen LogP contribution in [-0.2, 0) is 9.53 Å². The number of carbonyl (C=O) groups is 1. The second-order valence-electron chi connectivity index (χ2n) is 6.73. The third-order valence-electron chi connectivity index (χ3n) is 4.87. The van der Waals surface area contributed by atoms with Crippen molar-refractivity contribution in [1.29, 1.82) is 0 Å². The number of halogens is 3. The molecular formula is C14H17F3O3. The molecule has 0 amide bonds. The lowest BCUT2D eigenvalue weighted by atomic mass is 9.52. The van der Waals surface area contributed by atoms with Crippen molar-refractivity contribution < 1.29 is 27.8 Å². The first-order valence-corrected chi connectivity index (χ1v) is 6.83. The average molecular weight is 290 g/mol. The summed E-state index contributed by atoms with van der Waals surface area (Å²) in [5.41, 5.74) is -3.27. The Labute approximate surface area is 114 Å². The zero-order chi connectivity index (χ0) is 14.8. The van der Waals surface area contributed by atoms with Crippen LogP contribution in [-0.4, -0.2) is 28.5 Å². The van der Waals surface area contributed by atoms with Gasteiger partial charge in [0.25, 0.3) is 0 Å². The van der Waals surface area contributed by atoms with Crippen molar-refractivity contribution in [2.45, 2.75) is 55.9 Å². The Hall–Kier alpha value is -1.04. The van der Waals surface area contributed by atoms with E-state index in [9.17, 15) is 23.1 Å². The summed E-state index contributed by atoms with van der Waals surface area (Å²) in [6.45, 7) is 2.78. The molecule has 4 saturated carbocycles. The highest BCUT2D eigenvalue weighted by Gasteiger charge is 2.59. The highest BCUT2D eigenvalue weighted by atomic mass is 19.4. The topological polar surface area (TPSA) is 46.5 Å². The van der Waals surface area contributed by atoms with Gasteiger partial charge in [0.15, 0.2) is 0 Å². The largest absolute Gasteiger partial charge is 0.455 e. The van der Waals surface area contributed by atoms with Crippen LogP contribution in [0, 0.1) is 11.8 Å². The zero-order valence-electron chi connectivity index (χ0n) is 11.0. The molecule has 4 aliphatic rings. The van der Waals surface area contributed by atoms with Crippen molar-refractivity contribution in [3.05, 3.63) is 12.2 Å². The fourth-order valence-electron chi connectivity index (χ4n) is 4.62. The van der Waals surface area contributed by atoms with Gasteiger partial charge < -0.3 is 9.84 Å². The lowest BCUT2D eigenvalue weighted by Crippen LogP contribution is -2.60. The van der Waals surface area contributed by atoms with Crippen LogP contribution >= 0.6 is 0 Å². The van der Waals surface area contributed by atoms with Crippen molar-refractivity contribution in [3.63, 3.8) is 0 Å². The highest BCUT2D eigenvalue weighted by molar-refractivity contribution is 5.89. The SMILES string of the molecule is C=C(C(=O)O[C@@]12CC3C[C@H](CC(O)(C3)C1)C2)C(F)(F)F. The Bertz CT molecular complexity index is 455.